The van der Waals surface area contributed by atoms with Crippen molar-refractivity contribution in [1.29, 1.82) is 0 Å². The summed E-state index contributed by atoms with van der Waals surface area (Å²) in [5, 5.41) is 7.98. The summed E-state index contributed by atoms with van der Waals surface area (Å²) in [7, 11) is 0. The summed E-state index contributed by atoms with van der Waals surface area (Å²) >= 11 is 0. The van der Waals surface area contributed by atoms with Gasteiger partial charge in [0.25, 0.3) is 0 Å². The van der Waals surface area contributed by atoms with Crippen LogP contribution in [0.5, 0.6) is 0 Å². The number of hydrogen-bond acceptors (Lipinski definition) is 2. The fraction of sp³-hybridized carbons (Fsp3) is 0.750. The van der Waals surface area contributed by atoms with Crippen LogP contribution in [-0.4, -0.2) is 23.8 Å². The first kappa shape index (κ1) is 9.22. The zero-order valence-corrected chi connectivity index (χ0v) is 5.24. The van der Waals surface area contributed by atoms with Crippen LogP contribution in [0.4, 0.5) is 13.2 Å². The lowest BCUT2D eigenvalue weighted by atomic mass is 10.6. The SMILES string of the molecule is CC(=NCC(F)(F)F)NO. The van der Waals surface area contributed by atoms with Crippen molar-refractivity contribution in [3.63, 3.8) is 0 Å². The van der Waals surface area contributed by atoms with Gasteiger partial charge in [-0.3, -0.25) is 15.7 Å². The predicted octanol–water partition coefficient (Wildman–Crippen LogP) is 0.946. The molecule has 0 aliphatic carbocycles. The van der Waals surface area contributed by atoms with E-state index in [1.165, 1.54) is 12.4 Å². The van der Waals surface area contributed by atoms with Gasteiger partial charge in [0.2, 0.25) is 0 Å². The summed E-state index contributed by atoms with van der Waals surface area (Å²) in [6.45, 7) is -0.0435. The molecule has 0 aromatic carbocycles. The second-order valence-electron chi connectivity index (χ2n) is 1.63. The molecule has 0 fully saturated rings. The molecule has 0 amide bonds. The average molecular weight is 156 g/mol. The highest BCUT2D eigenvalue weighted by atomic mass is 19.4. The maximum absolute atomic E-state index is 11.3. The van der Waals surface area contributed by atoms with E-state index in [0.717, 1.165) is 0 Å². The molecule has 0 aromatic heterocycles. The first-order chi connectivity index (χ1) is 4.45. The van der Waals surface area contributed by atoms with E-state index >= 15 is 0 Å². The zero-order valence-electron chi connectivity index (χ0n) is 5.24. The molecule has 0 saturated heterocycles. The van der Waals surface area contributed by atoms with Crippen LogP contribution in [0.25, 0.3) is 0 Å². The summed E-state index contributed by atoms with van der Waals surface area (Å²) in [4.78, 5) is 2.94. The molecule has 0 saturated carbocycles. The molecule has 0 rings (SSSR count). The third-order valence-electron chi connectivity index (χ3n) is 0.657. The van der Waals surface area contributed by atoms with E-state index in [1.54, 1.807) is 0 Å². The third-order valence-corrected chi connectivity index (χ3v) is 0.657. The van der Waals surface area contributed by atoms with Crippen molar-refractivity contribution in [2.75, 3.05) is 6.54 Å². The number of hydroxylamine groups is 1. The monoisotopic (exact) mass is 156 g/mol. The lowest BCUT2D eigenvalue weighted by Gasteiger charge is -2.01. The van der Waals surface area contributed by atoms with Crippen molar-refractivity contribution in [1.82, 2.24) is 5.48 Å². The molecule has 0 unspecified atom stereocenters. The van der Waals surface area contributed by atoms with Crippen molar-refractivity contribution in [2.45, 2.75) is 13.1 Å². The molecule has 0 atom stereocenters. The van der Waals surface area contributed by atoms with Gasteiger partial charge in [0, 0.05) is 0 Å². The molecule has 0 aromatic rings. The van der Waals surface area contributed by atoms with E-state index in [1.807, 2.05) is 0 Å². The van der Waals surface area contributed by atoms with Crippen LogP contribution in [0.3, 0.4) is 0 Å². The van der Waals surface area contributed by atoms with Gasteiger partial charge in [-0.2, -0.15) is 13.2 Å². The first-order valence-electron chi connectivity index (χ1n) is 2.43. The van der Waals surface area contributed by atoms with E-state index in [-0.39, 0.29) is 5.84 Å². The molecular weight excluding hydrogens is 149 g/mol. The van der Waals surface area contributed by atoms with E-state index in [2.05, 4.69) is 4.99 Å². The van der Waals surface area contributed by atoms with Crippen LogP contribution >= 0.6 is 0 Å². The summed E-state index contributed by atoms with van der Waals surface area (Å²) in [5.74, 6) is -0.155. The van der Waals surface area contributed by atoms with E-state index in [9.17, 15) is 13.2 Å². The molecule has 0 radical (unpaired) electrons. The predicted molar refractivity (Wildman–Crippen MR) is 29.0 cm³/mol. The Morgan fingerprint density at radius 2 is 2.10 bits per heavy atom. The van der Waals surface area contributed by atoms with Gasteiger partial charge in [-0.1, -0.05) is 0 Å². The molecule has 3 nitrogen and oxygen atoms in total. The molecule has 0 aliphatic heterocycles. The highest BCUT2D eigenvalue weighted by molar-refractivity contribution is 5.78. The Hall–Kier alpha value is -0.780. The molecule has 10 heavy (non-hydrogen) atoms. The van der Waals surface area contributed by atoms with E-state index in [4.69, 9.17) is 5.21 Å². The maximum Gasteiger partial charge on any atom is 0.408 e. The molecule has 6 heteroatoms. The quantitative estimate of drug-likeness (QED) is 0.337. The Kier molecular flexibility index (Phi) is 3.14. The minimum Gasteiger partial charge on any atom is -0.290 e. The number of halogens is 3. The number of nitrogens with one attached hydrogen (secondary N) is 1. The molecule has 0 heterocycles. The van der Waals surface area contributed by atoms with Gasteiger partial charge in [0.15, 0.2) is 0 Å². The van der Waals surface area contributed by atoms with Crippen LogP contribution in [0.15, 0.2) is 4.99 Å². The number of aliphatic imine (C=N–C) groups is 1. The lowest BCUT2D eigenvalue weighted by Crippen LogP contribution is -2.19. The Morgan fingerprint density at radius 3 is 2.40 bits per heavy atom. The average Bonchev–Trinajstić information content (AvgIpc) is 1.81. The third kappa shape index (κ3) is 5.36. The Balaban J connectivity index is 3.73. The summed E-state index contributed by atoms with van der Waals surface area (Å²) in [5.41, 5.74) is 1.49. The fourth-order valence-corrected chi connectivity index (χ4v) is 0.244. The number of amidine groups is 1. The summed E-state index contributed by atoms with van der Waals surface area (Å²) in [6.07, 6.45) is -4.31. The van der Waals surface area contributed by atoms with Gasteiger partial charge >= 0.3 is 6.18 Å². The first-order valence-corrected chi connectivity index (χ1v) is 2.43. The van der Waals surface area contributed by atoms with Crippen molar-refractivity contribution >= 4 is 5.84 Å². The maximum atomic E-state index is 11.3. The van der Waals surface area contributed by atoms with Crippen LogP contribution in [0.1, 0.15) is 6.92 Å². The second-order valence-corrected chi connectivity index (χ2v) is 1.63. The summed E-state index contributed by atoms with van der Waals surface area (Å²) < 4.78 is 34.0. The largest absolute Gasteiger partial charge is 0.408 e. The van der Waals surface area contributed by atoms with Crippen LogP contribution in [0, 0.1) is 0 Å². The van der Waals surface area contributed by atoms with Gasteiger partial charge in [0.1, 0.15) is 12.4 Å². The number of hydrogen-bond donors (Lipinski definition) is 2. The van der Waals surface area contributed by atoms with Crippen LogP contribution < -0.4 is 5.48 Å². The minimum absolute atomic E-state index is 0.155. The van der Waals surface area contributed by atoms with Crippen molar-refractivity contribution in [3.8, 4) is 0 Å². The van der Waals surface area contributed by atoms with Crippen LogP contribution in [0.2, 0.25) is 0 Å². The number of nitrogens with zero attached hydrogens (tertiary/aromatic N) is 1. The Bertz CT molecular complexity index is 131. The van der Waals surface area contributed by atoms with Crippen molar-refractivity contribution < 1.29 is 18.4 Å². The molecule has 0 aliphatic rings. The van der Waals surface area contributed by atoms with Gasteiger partial charge < -0.3 is 0 Å². The smallest absolute Gasteiger partial charge is 0.290 e. The lowest BCUT2D eigenvalue weighted by molar-refractivity contribution is -0.118. The Labute approximate surface area is 55.5 Å². The number of rotatable bonds is 1. The van der Waals surface area contributed by atoms with Crippen molar-refractivity contribution in [2.24, 2.45) is 4.99 Å². The highest BCUT2D eigenvalue weighted by Crippen LogP contribution is 2.13. The van der Waals surface area contributed by atoms with Gasteiger partial charge in [0.05, 0.1) is 0 Å². The fourth-order valence-electron chi connectivity index (χ4n) is 0.244. The van der Waals surface area contributed by atoms with Gasteiger partial charge in [-0.25, -0.2) is 0 Å². The van der Waals surface area contributed by atoms with E-state index in [0.29, 0.717) is 0 Å². The molecule has 60 valence electrons. The Morgan fingerprint density at radius 1 is 1.60 bits per heavy atom. The molecular formula is C4H7F3N2O. The number of alkyl halides is 3. The molecule has 0 bridgehead atoms. The standard InChI is InChI=1S/C4H7F3N2O/c1-3(9-10)8-2-4(5,6)7/h10H,2H2,1H3,(H,8,9). The van der Waals surface area contributed by atoms with Gasteiger partial charge in [-0.05, 0) is 6.92 Å². The topological polar surface area (TPSA) is 44.6 Å². The summed E-state index contributed by atoms with van der Waals surface area (Å²) in [6, 6.07) is 0. The highest BCUT2D eigenvalue weighted by Gasteiger charge is 2.26. The van der Waals surface area contributed by atoms with E-state index < -0.39 is 12.7 Å². The normalized spacial score (nSPS) is 13.5. The molecule has 2 N–H and O–H groups in total. The zero-order chi connectivity index (χ0) is 8.20. The van der Waals surface area contributed by atoms with Crippen molar-refractivity contribution in [3.05, 3.63) is 0 Å². The van der Waals surface area contributed by atoms with Gasteiger partial charge in [-0.15, -0.1) is 0 Å². The minimum atomic E-state index is -4.31. The second kappa shape index (κ2) is 3.40. The molecule has 0 spiro atoms. The van der Waals surface area contributed by atoms with Crippen LogP contribution in [-0.2, 0) is 0 Å².